The molecule has 1 aliphatic rings. The fraction of sp³-hybridized carbons (Fsp3) is 0.600. The van der Waals surface area contributed by atoms with Crippen LogP contribution < -0.4 is 15.6 Å². The highest BCUT2D eigenvalue weighted by Crippen LogP contribution is 2.18. The molecule has 2 heterocycles. The normalized spacial score (nSPS) is 17.3. The molecule has 0 unspecified atom stereocenters. The Bertz CT molecular complexity index is 401. The first-order chi connectivity index (χ1) is 7.77. The molecule has 0 aromatic carbocycles. The number of H-pyrrole nitrogens is 1. The summed E-state index contributed by atoms with van der Waals surface area (Å²) in [6.07, 6.45) is 3.47. The Hall–Kier alpha value is -1.07. The Balaban J connectivity index is 1.93. The molecule has 1 aromatic heterocycles. The van der Waals surface area contributed by atoms with Crippen LogP contribution in [-0.2, 0) is 0 Å². The van der Waals surface area contributed by atoms with Crippen LogP contribution in [0.3, 0.4) is 0 Å². The lowest BCUT2D eigenvalue weighted by molar-refractivity contribution is 0.208. The quantitative estimate of drug-likeness (QED) is 0.824. The summed E-state index contributed by atoms with van der Waals surface area (Å²) < 4.78 is 5.47. The molecule has 88 valence electrons. The Morgan fingerprint density at radius 3 is 3.00 bits per heavy atom. The molecule has 1 aliphatic heterocycles. The van der Waals surface area contributed by atoms with Crippen molar-refractivity contribution >= 4 is 11.6 Å². The van der Waals surface area contributed by atoms with Gasteiger partial charge >= 0.3 is 0 Å². The number of hydrogen-bond acceptors (Lipinski definition) is 4. The second kappa shape index (κ2) is 5.32. The Labute approximate surface area is 98.2 Å². The standard InChI is InChI=1S/C10H14ClN3O2/c11-8-9(15)13-6-14-10(8)16-5-7-1-3-12-4-2-7/h6-7,12H,1-5H2,(H,13,14,15). The molecule has 0 atom stereocenters. The van der Waals surface area contributed by atoms with Crippen LogP contribution in [0.5, 0.6) is 5.88 Å². The molecule has 16 heavy (non-hydrogen) atoms. The number of aromatic amines is 1. The van der Waals surface area contributed by atoms with Gasteiger partial charge in [0.2, 0.25) is 5.88 Å². The second-order valence-corrected chi connectivity index (χ2v) is 4.23. The van der Waals surface area contributed by atoms with Gasteiger partial charge in [0.25, 0.3) is 5.56 Å². The first kappa shape index (κ1) is 11.4. The predicted octanol–water partition coefficient (Wildman–Crippen LogP) is 0.802. The van der Waals surface area contributed by atoms with E-state index in [0.29, 0.717) is 12.5 Å². The monoisotopic (exact) mass is 243 g/mol. The SMILES string of the molecule is O=c1[nH]cnc(OCC2CCNCC2)c1Cl. The zero-order valence-corrected chi connectivity index (χ0v) is 9.59. The largest absolute Gasteiger partial charge is 0.476 e. The Morgan fingerprint density at radius 2 is 2.25 bits per heavy atom. The van der Waals surface area contributed by atoms with E-state index in [-0.39, 0.29) is 16.5 Å². The van der Waals surface area contributed by atoms with Gasteiger partial charge in [-0.25, -0.2) is 4.98 Å². The van der Waals surface area contributed by atoms with Crippen LogP contribution in [0.2, 0.25) is 5.02 Å². The first-order valence-corrected chi connectivity index (χ1v) is 5.72. The van der Waals surface area contributed by atoms with Crippen LogP contribution in [0.4, 0.5) is 0 Å². The van der Waals surface area contributed by atoms with Crippen LogP contribution in [0, 0.1) is 5.92 Å². The van der Waals surface area contributed by atoms with Crippen molar-refractivity contribution in [2.45, 2.75) is 12.8 Å². The van der Waals surface area contributed by atoms with E-state index in [4.69, 9.17) is 16.3 Å². The third-order valence-electron chi connectivity index (χ3n) is 2.68. The zero-order chi connectivity index (χ0) is 11.4. The molecule has 1 fully saturated rings. The number of aromatic nitrogens is 2. The van der Waals surface area contributed by atoms with Crippen LogP contribution >= 0.6 is 11.6 Å². The highest BCUT2D eigenvalue weighted by Gasteiger charge is 2.15. The summed E-state index contributed by atoms with van der Waals surface area (Å²) in [6, 6.07) is 0. The minimum Gasteiger partial charge on any atom is -0.476 e. The number of nitrogens with zero attached hydrogens (tertiary/aromatic N) is 1. The van der Waals surface area contributed by atoms with Crippen LogP contribution in [0.15, 0.2) is 11.1 Å². The van der Waals surface area contributed by atoms with Crippen molar-refractivity contribution in [1.29, 1.82) is 0 Å². The number of piperidine rings is 1. The molecule has 0 saturated carbocycles. The number of rotatable bonds is 3. The van der Waals surface area contributed by atoms with Gasteiger partial charge in [0.05, 0.1) is 12.9 Å². The summed E-state index contributed by atoms with van der Waals surface area (Å²) in [7, 11) is 0. The molecule has 5 nitrogen and oxygen atoms in total. The van der Waals surface area contributed by atoms with E-state index in [1.54, 1.807) is 0 Å². The van der Waals surface area contributed by atoms with E-state index in [1.807, 2.05) is 0 Å². The fourth-order valence-corrected chi connectivity index (χ4v) is 1.87. The van der Waals surface area contributed by atoms with Crippen molar-refractivity contribution in [2.24, 2.45) is 5.92 Å². The summed E-state index contributed by atoms with van der Waals surface area (Å²) in [5.41, 5.74) is -0.364. The summed E-state index contributed by atoms with van der Waals surface area (Å²) in [5.74, 6) is 0.738. The van der Waals surface area contributed by atoms with E-state index in [1.165, 1.54) is 6.33 Å². The number of halogens is 1. The summed E-state index contributed by atoms with van der Waals surface area (Å²) in [6.45, 7) is 2.60. The van der Waals surface area contributed by atoms with E-state index in [2.05, 4.69) is 15.3 Å². The Morgan fingerprint density at radius 1 is 1.50 bits per heavy atom. The van der Waals surface area contributed by atoms with Gasteiger partial charge in [-0.1, -0.05) is 11.6 Å². The second-order valence-electron chi connectivity index (χ2n) is 3.86. The van der Waals surface area contributed by atoms with Gasteiger partial charge in [0.15, 0.2) is 5.02 Å². The lowest BCUT2D eigenvalue weighted by atomic mass is 9.99. The molecule has 6 heteroatoms. The van der Waals surface area contributed by atoms with E-state index in [9.17, 15) is 4.79 Å². The number of hydrogen-bond donors (Lipinski definition) is 2. The van der Waals surface area contributed by atoms with E-state index >= 15 is 0 Å². The molecule has 1 saturated heterocycles. The molecule has 1 aromatic rings. The average molecular weight is 244 g/mol. The molecule has 0 amide bonds. The fourth-order valence-electron chi connectivity index (χ4n) is 1.71. The van der Waals surface area contributed by atoms with Crippen molar-refractivity contribution in [1.82, 2.24) is 15.3 Å². The van der Waals surface area contributed by atoms with Gasteiger partial charge in [0, 0.05) is 0 Å². The molecule has 0 bridgehead atoms. The van der Waals surface area contributed by atoms with Crippen LogP contribution in [-0.4, -0.2) is 29.7 Å². The van der Waals surface area contributed by atoms with Crippen molar-refractivity contribution in [3.05, 3.63) is 21.7 Å². The topological polar surface area (TPSA) is 67.0 Å². The smallest absolute Gasteiger partial charge is 0.273 e. The van der Waals surface area contributed by atoms with Crippen LogP contribution in [0.25, 0.3) is 0 Å². The summed E-state index contributed by atoms with van der Waals surface area (Å²) >= 11 is 5.77. The lowest BCUT2D eigenvalue weighted by Crippen LogP contribution is -2.30. The summed E-state index contributed by atoms with van der Waals surface area (Å²) in [5, 5.41) is 3.31. The molecule has 0 aliphatic carbocycles. The average Bonchev–Trinajstić information content (AvgIpc) is 2.32. The third-order valence-corrected chi connectivity index (χ3v) is 3.01. The first-order valence-electron chi connectivity index (χ1n) is 5.34. The predicted molar refractivity (Wildman–Crippen MR) is 61.0 cm³/mol. The van der Waals surface area contributed by atoms with Gasteiger partial charge in [-0.2, -0.15) is 0 Å². The molecule has 0 radical (unpaired) electrons. The molecular weight excluding hydrogens is 230 g/mol. The van der Waals surface area contributed by atoms with Gasteiger partial charge in [-0.05, 0) is 31.8 Å². The molecule has 0 spiro atoms. The molecule has 2 N–H and O–H groups in total. The van der Waals surface area contributed by atoms with Crippen molar-refractivity contribution < 1.29 is 4.74 Å². The van der Waals surface area contributed by atoms with E-state index in [0.717, 1.165) is 25.9 Å². The lowest BCUT2D eigenvalue weighted by Gasteiger charge is -2.22. The van der Waals surface area contributed by atoms with Crippen molar-refractivity contribution in [2.75, 3.05) is 19.7 Å². The molecular formula is C10H14ClN3O2. The zero-order valence-electron chi connectivity index (χ0n) is 8.83. The Kier molecular flexibility index (Phi) is 3.79. The highest BCUT2D eigenvalue weighted by atomic mass is 35.5. The van der Waals surface area contributed by atoms with Crippen LogP contribution in [0.1, 0.15) is 12.8 Å². The maximum Gasteiger partial charge on any atom is 0.273 e. The van der Waals surface area contributed by atoms with Gasteiger partial charge in [0.1, 0.15) is 0 Å². The minimum atomic E-state index is -0.364. The van der Waals surface area contributed by atoms with Gasteiger partial charge < -0.3 is 15.0 Å². The third kappa shape index (κ3) is 2.74. The summed E-state index contributed by atoms with van der Waals surface area (Å²) in [4.78, 5) is 17.5. The maximum atomic E-state index is 11.2. The van der Waals surface area contributed by atoms with Crippen molar-refractivity contribution in [3.8, 4) is 5.88 Å². The maximum absolute atomic E-state index is 11.2. The van der Waals surface area contributed by atoms with Gasteiger partial charge in [-0.15, -0.1) is 0 Å². The molecule has 2 rings (SSSR count). The minimum absolute atomic E-state index is 0.0245. The number of ether oxygens (including phenoxy) is 1. The number of nitrogens with one attached hydrogen (secondary N) is 2. The van der Waals surface area contributed by atoms with Crippen molar-refractivity contribution in [3.63, 3.8) is 0 Å². The van der Waals surface area contributed by atoms with E-state index < -0.39 is 0 Å². The van der Waals surface area contributed by atoms with Gasteiger partial charge in [-0.3, -0.25) is 4.79 Å². The highest BCUT2D eigenvalue weighted by molar-refractivity contribution is 6.31.